The molecule has 2 N–H and O–H groups in total. The third kappa shape index (κ3) is 3.12. The molecule has 0 fully saturated rings. The van der Waals surface area contributed by atoms with Crippen molar-refractivity contribution in [3.8, 4) is 0 Å². The van der Waals surface area contributed by atoms with Crippen LogP contribution in [0.1, 0.15) is 15.2 Å². The second-order valence-electron chi connectivity index (χ2n) is 3.53. The lowest BCUT2D eigenvalue weighted by atomic mass is 10.2. The molecule has 92 valence electrons. The highest BCUT2D eigenvalue weighted by Crippen LogP contribution is 2.25. The Bertz CT molecular complexity index is 565. The molecule has 2 rings (SSSR count). The van der Waals surface area contributed by atoms with Gasteiger partial charge in [-0.05, 0) is 24.3 Å². The lowest BCUT2D eigenvalue weighted by Crippen LogP contribution is -2.35. The minimum atomic E-state index is -0.209. The summed E-state index contributed by atoms with van der Waals surface area (Å²) in [7, 11) is 0. The van der Waals surface area contributed by atoms with Gasteiger partial charge < -0.3 is 0 Å². The molecule has 0 aliphatic heterocycles. The van der Waals surface area contributed by atoms with Crippen molar-refractivity contribution in [3.05, 3.63) is 63.8 Å². The summed E-state index contributed by atoms with van der Waals surface area (Å²) >= 11 is 7.22. The Kier molecular flexibility index (Phi) is 4.02. The van der Waals surface area contributed by atoms with Gasteiger partial charge in [-0.1, -0.05) is 36.4 Å². The van der Waals surface area contributed by atoms with Gasteiger partial charge in [-0.15, -0.1) is 11.3 Å². The molecule has 1 amide bonds. The fourth-order valence-electron chi connectivity index (χ4n) is 1.33. The van der Waals surface area contributed by atoms with Crippen LogP contribution in [0.15, 0.2) is 49.0 Å². The molecular weight excluding hydrogens is 268 g/mol. The van der Waals surface area contributed by atoms with Crippen molar-refractivity contribution in [2.45, 2.75) is 0 Å². The van der Waals surface area contributed by atoms with Gasteiger partial charge in [-0.3, -0.25) is 15.6 Å². The number of nitrogens with one attached hydrogen (secondary N) is 2. The molecule has 1 heterocycles. The second-order valence-corrected chi connectivity index (χ2v) is 5.24. The van der Waals surface area contributed by atoms with Gasteiger partial charge >= 0.3 is 0 Å². The van der Waals surface area contributed by atoms with E-state index in [4.69, 9.17) is 11.6 Å². The van der Waals surface area contributed by atoms with Crippen LogP contribution in [0.4, 0.5) is 0 Å². The fraction of sp³-hybridized carbons (Fsp3) is 0. The van der Waals surface area contributed by atoms with Crippen molar-refractivity contribution < 1.29 is 4.79 Å². The Balaban J connectivity index is 1.92. The molecule has 0 spiro atoms. The largest absolute Gasteiger partial charge is 0.298 e. The number of benzene rings is 1. The van der Waals surface area contributed by atoms with Crippen LogP contribution >= 0.6 is 22.9 Å². The van der Waals surface area contributed by atoms with Crippen molar-refractivity contribution in [1.29, 1.82) is 0 Å². The Morgan fingerprint density at radius 3 is 2.44 bits per heavy atom. The maximum atomic E-state index is 11.7. The van der Waals surface area contributed by atoms with E-state index in [1.807, 2.05) is 24.3 Å². The van der Waals surface area contributed by atoms with E-state index in [-0.39, 0.29) is 5.91 Å². The summed E-state index contributed by atoms with van der Waals surface area (Å²) in [6.45, 7) is 3.83. The van der Waals surface area contributed by atoms with Crippen LogP contribution in [0.5, 0.6) is 0 Å². The molecule has 2 aromatic rings. The monoisotopic (exact) mass is 278 g/mol. The first-order valence-corrected chi connectivity index (χ1v) is 6.42. The van der Waals surface area contributed by atoms with Gasteiger partial charge in [-0.25, -0.2) is 0 Å². The summed E-state index contributed by atoms with van der Waals surface area (Å²) < 4.78 is 0.683. The first-order chi connectivity index (χ1) is 8.66. The van der Waals surface area contributed by atoms with Crippen LogP contribution in [-0.2, 0) is 0 Å². The summed E-state index contributed by atoms with van der Waals surface area (Å²) in [5.41, 5.74) is 6.54. The van der Waals surface area contributed by atoms with Crippen molar-refractivity contribution in [1.82, 2.24) is 10.9 Å². The van der Waals surface area contributed by atoms with Crippen LogP contribution in [-0.4, -0.2) is 5.91 Å². The van der Waals surface area contributed by atoms with Crippen LogP contribution in [0.3, 0.4) is 0 Å². The van der Waals surface area contributed by atoms with Crippen molar-refractivity contribution >= 4 is 34.5 Å². The number of hydrazine groups is 1. The SMILES string of the molecule is C=C(NNC(=O)c1ccccc1)c1ccc(Cl)s1. The van der Waals surface area contributed by atoms with E-state index >= 15 is 0 Å². The lowest BCUT2D eigenvalue weighted by molar-refractivity contribution is 0.0942. The molecule has 1 aromatic heterocycles. The number of rotatable bonds is 4. The maximum absolute atomic E-state index is 11.7. The molecule has 5 heteroatoms. The molecule has 18 heavy (non-hydrogen) atoms. The average molecular weight is 279 g/mol. The molecule has 0 saturated carbocycles. The topological polar surface area (TPSA) is 41.1 Å². The third-order valence-corrected chi connectivity index (χ3v) is 3.52. The maximum Gasteiger partial charge on any atom is 0.269 e. The van der Waals surface area contributed by atoms with Gasteiger partial charge in [0.2, 0.25) is 0 Å². The predicted molar refractivity (Wildman–Crippen MR) is 75.4 cm³/mol. The summed E-state index contributed by atoms with van der Waals surface area (Å²) in [4.78, 5) is 12.6. The van der Waals surface area contributed by atoms with Gasteiger partial charge in [0.15, 0.2) is 0 Å². The van der Waals surface area contributed by atoms with Crippen LogP contribution in [0, 0.1) is 0 Å². The lowest BCUT2D eigenvalue weighted by Gasteiger charge is -2.09. The smallest absolute Gasteiger partial charge is 0.269 e. The third-order valence-electron chi connectivity index (χ3n) is 2.23. The van der Waals surface area contributed by atoms with Gasteiger partial charge in [0, 0.05) is 5.56 Å². The van der Waals surface area contributed by atoms with E-state index in [1.54, 1.807) is 18.2 Å². The Morgan fingerprint density at radius 1 is 1.11 bits per heavy atom. The molecule has 0 radical (unpaired) electrons. The molecule has 1 aromatic carbocycles. The highest BCUT2D eigenvalue weighted by Gasteiger charge is 2.06. The molecule has 0 aliphatic rings. The molecule has 3 nitrogen and oxygen atoms in total. The number of carbonyl (C=O) groups excluding carboxylic acids is 1. The zero-order valence-corrected chi connectivity index (χ0v) is 11.0. The van der Waals surface area contributed by atoms with Gasteiger partial charge in [0.05, 0.1) is 14.9 Å². The van der Waals surface area contributed by atoms with Crippen molar-refractivity contribution in [3.63, 3.8) is 0 Å². The van der Waals surface area contributed by atoms with E-state index in [1.165, 1.54) is 11.3 Å². The summed E-state index contributed by atoms with van der Waals surface area (Å²) in [6.07, 6.45) is 0. The number of hydrogen-bond donors (Lipinski definition) is 2. The Labute approximate surface area is 114 Å². The molecule has 0 aliphatic carbocycles. The Hall–Kier alpha value is -1.78. The minimum absolute atomic E-state index is 0.209. The zero-order valence-electron chi connectivity index (χ0n) is 9.44. The summed E-state index contributed by atoms with van der Waals surface area (Å²) in [5.74, 6) is -0.209. The number of thiophene rings is 1. The fourth-order valence-corrected chi connectivity index (χ4v) is 2.30. The summed E-state index contributed by atoms with van der Waals surface area (Å²) in [5, 5.41) is 0. The van der Waals surface area contributed by atoms with E-state index in [2.05, 4.69) is 17.4 Å². The standard InChI is InChI=1S/C13H11ClN2OS/c1-9(11-7-8-12(14)18-11)15-16-13(17)10-5-3-2-4-6-10/h2-8,15H,1H2,(H,16,17). The Morgan fingerprint density at radius 2 is 1.83 bits per heavy atom. The molecule has 0 atom stereocenters. The normalized spacial score (nSPS) is 9.83. The first-order valence-electron chi connectivity index (χ1n) is 5.23. The van der Waals surface area contributed by atoms with E-state index in [0.717, 1.165) is 4.88 Å². The summed E-state index contributed by atoms with van der Waals surface area (Å²) in [6, 6.07) is 12.6. The van der Waals surface area contributed by atoms with Crippen LogP contribution < -0.4 is 10.9 Å². The van der Waals surface area contributed by atoms with E-state index < -0.39 is 0 Å². The number of hydrogen-bond acceptors (Lipinski definition) is 3. The number of amides is 1. The first kappa shape index (κ1) is 12.7. The van der Waals surface area contributed by atoms with E-state index in [9.17, 15) is 4.79 Å². The predicted octanol–water partition coefficient (Wildman–Crippen LogP) is 3.31. The van der Waals surface area contributed by atoms with Gasteiger partial charge in [0.25, 0.3) is 5.91 Å². The second kappa shape index (κ2) is 5.71. The zero-order chi connectivity index (χ0) is 13.0. The average Bonchev–Trinajstić information content (AvgIpc) is 2.83. The van der Waals surface area contributed by atoms with Gasteiger partial charge in [-0.2, -0.15) is 0 Å². The van der Waals surface area contributed by atoms with E-state index in [0.29, 0.717) is 15.6 Å². The quantitative estimate of drug-likeness (QED) is 0.843. The highest BCUT2D eigenvalue weighted by molar-refractivity contribution is 7.17. The molecule has 0 saturated heterocycles. The van der Waals surface area contributed by atoms with Gasteiger partial charge in [0.1, 0.15) is 0 Å². The highest BCUT2D eigenvalue weighted by atomic mass is 35.5. The number of carbonyl (C=O) groups is 1. The molecule has 0 bridgehead atoms. The molecule has 0 unspecified atom stereocenters. The van der Waals surface area contributed by atoms with Crippen LogP contribution in [0.25, 0.3) is 5.70 Å². The molecular formula is C13H11ClN2OS. The number of halogens is 1. The minimum Gasteiger partial charge on any atom is -0.298 e. The van der Waals surface area contributed by atoms with Crippen LogP contribution in [0.2, 0.25) is 4.34 Å². The van der Waals surface area contributed by atoms with Crippen molar-refractivity contribution in [2.75, 3.05) is 0 Å². The van der Waals surface area contributed by atoms with Crippen molar-refractivity contribution in [2.24, 2.45) is 0 Å².